The van der Waals surface area contributed by atoms with Crippen molar-refractivity contribution in [2.45, 2.75) is 25.4 Å². The van der Waals surface area contributed by atoms with Crippen LogP contribution in [0.4, 0.5) is 0 Å². The Morgan fingerprint density at radius 3 is 2.69 bits per heavy atom. The van der Waals surface area contributed by atoms with Gasteiger partial charge in [0.1, 0.15) is 0 Å². The molecule has 0 aromatic rings. The van der Waals surface area contributed by atoms with E-state index < -0.39 is 0 Å². The van der Waals surface area contributed by atoms with Gasteiger partial charge in [-0.3, -0.25) is 0 Å². The largest absolute Gasteiger partial charge is 0.385 e. The molecule has 1 aliphatic rings. The van der Waals surface area contributed by atoms with E-state index in [9.17, 15) is 0 Å². The summed E-state index contributed by atoms with van der Waals surface area (Å²) >= 11 is 0. The molecule has 16 heavy (non-hydrogen) atoms. The molecule has 3 heteroatoms. The number of methoxy groups -OCH3 is 1. The van der Waals surface area contributed by atoms with Crippen molar-refractivity contribution in [1.29, 1.82) is 0 Å². The maximum atomic E-state index is 5.62. The van der Waals surface area contributed by atoms with Crippen LogP contribution in [-0.2, 0) is 14.2 Å². The van der Waals surface area contributed by atoms with Gasteiger partial charge < -0.3 is 14.2 Å². The first-order valence-electron chi connectivity index (χ1n) is 5.95. The van der Waals surface area contributed by atoms with Gasteiger partial charge in [0.25, 0.3) is 0 Å². The third-order valence-corrected chi connectivity index (χ3v) is 2.39. The van der Waals surface area contributed by atoms with Crippen molar-refractivity contribution in [3.8, 4) is 0 Å². The van der Waals surface area contributed by atoms with Crippen LogP contribution in [0, 0.1) is 0 Å². The van der Waals surface area contributed by atoms with Crippen LogP contribution in [-0.4, -0.2) is 39.6 Å². The SMILES string of the molecule is COCCCCOCCOC1C=CC=CC1. The smallest absolute Gasteiger partial charge is 0.0794 e. The first-order chi connectivity index (χ1) is 7.93. The molecule has 0 aromatic carbocycles. The summed E-state index contributed by atoms with van der Waals surface area (Å²) in [6, 6.07) is 0. The molecule has 1 aliphatic carbocycles. The molecule has 1 unspecified atom stereocenters. The van der Waals surface area contributed by atoms with Gasteiger partial charge in [0.05, 0.1) is 19.3 Å². The lowest BCUT2D eigenvalue weighted by molar-refractivity contribution is 0.0220. The highest BCUT2D eigenvalue weighted by molar-refractivity contribution is 5.11. The summed E-state index contributed by atoms with van der Waals surface area (Å²) in [4.78, 5) is 0. The van der Waals surface area contributed by atoms with Crippen LogP contribution in [0.15, 0.2) is 24.3 Å². The molecule has 0 aromatic heterocycles. The molecule has 0 radical (unpaired) electrons. The molecule has 0 N–H and O–H groups in total. The molecule has 0 spiro atoms. The van der Waals surface area contributed by atoms with Gasteiger partial charge in [-0.2, -0.15) is 0 Å². The topological polar surface area (TPSA) is 27.7 Å². The van der Waals surface area contributed by atoms with E-state index in [2.05, 4.69) is 12.2 Å². The van der Waals surface area contributed by atoms with Gasteiger partial charge in [-0.15, -0.1) is 0 Å². The fraction of sp³-hybridized carbons (Fsp3) is 0.692. The average molecular weight is 226 g/mol. The summed E-state index contributed by atoms with van der Waals surface area (Å²) in [7, 11) is 1.72. The molecule has 1 rings (SSSR count). The first kappa shape index (κ1) is 13.4. The molecule has 0 bridgehead atoms. The van der Waals surface area contributed by atoms with E-state index in [0.29, 0.717) is 13.2 Å². The summed E-state index contributed by atoms with van der Waals surface area (Å²) in [6.07, 6.45) is 11.6. The maximum Gasteiger partial charge on any atom is 0.0794 e. The van der Waals surface area contributed by atoms with Gasteiger partial charge in [-0.25, -0.2) is 0 Å². The van der Waals surface area contributed by atoms with Crippen LogP contribution in [0.5, 0.6) is 0 Å². The van der Waals surface area contributed by atoms with Crippen LogP contribution in [0.1, 0.15) is 19.3 Å². The minimum atomic E-state index is 0.238. The van der Waals surface area contributed by atoms with Crippen LogP contribution < -0.4 is 0 Å². The second-order valence-electron chi connectivity index (χ2n) is 3.77. The number of hydrogen-bond acceptors (Lipinski definition) is 3. The van der Waals surface area contributed by atoms with Gasteiger partial charge in [0.15, 0.2) is 0 Å². The molecular formula is C13H22O3. The summed E-state index contributed by atoms with van der Waals surface area (Å²) in [6.45, 7) is 2.97. The van der Waals surface area contributed by atoms with Gasteiger partial charge in [0, 0.05) is 20.3 Å². The van der Waals surface area contributed by atoms with Crippen molar-refractivity contribution < 1.29 is 14.2 Å². The summed E-state index contributed by atoms with van der Waals surface area (Å²) in [5.74, 6) is 0. The van der Waals surface area contributed by atoms with Crippen LogP contribution in [0.2, 0.25) is 0 Å². The van der Waals surface area contributed by atoms with Crippen molar-refractivity contribution in [3.05, 3.63) is 24.3 Å². The molecule has 92 valence electrons. The minimum Gasteiger partial charge on any atom is -0.385 e. The summed E-state index contributed by atoms with van der Waals surface area (Å²) in [5.41, 5.74) is 0. The number of ether oxygens (including phenoxy) is 3. The Labute approximate surface area is 98.1 Å². The zero-order chi connectivity index (χ0) is 11.5. The molecule has 0 fully saturated rings. The quantitative estimate of drug-likeness (QED) is 0.565. The zero-order valence-corrected chi connectivity index (χ0v) is 10.1. The molecule has 0 aliphatic heterocycles. The van der Waals surface area contributed by atoms with Crippen molar-refractivity contribution >= 4 is 0 Å². The molecule has 0 saturated heterocycles. The highest BCUT2D eigenvalue weighted by atomic mass is 16.5. The van der Waals surface area contributed by atoms with E-state index in [1.807, 2.05) is 12.2 Å². The zero-order valence-electron chi connectivity index (χ0n) is 10.1. The van der Waals surface area contributed by atoms with Crippen LogP contribution in [0.25, 0.3) is 0 Å². The highest BCUT2D eigenvalue weighted by Crippen LogP contribution is 2.06. The van der Waals surface area contributed by atoms with Gasteiger partial charge >= 0.3 is 0 Å². The van der Waals surface area contributed by atoms with E-state index in [-0.39, 0.29) is 6.10 Å². The van der Waals surface area contributed by atoms with Crippen molar-refractivity contribution in [1.82, 2.24) is 0 Å². The summed E-state index contributed by atoms with van der Waals surface area (Å²) in [5, 5.41) is 0. The lowest BCUT2D eigenvalue weighted by Gasteiger charge is -2.14. The van der Waals surface area contributed by atoms with E-state index >= 15 is 0 Å². The number of allylic oxidation sites excluding steroid dienone is 2. The fourth-order valence-corrected chi connectivity index (χ4v) is 1.49. The summed E-state index contributed by atoms with van der Waals surface area (Å²) < 4.78 is 16.0. The second kappa shape index (κ2) is 9.58. The Morgan fingerprint density at radius 1 is 1.06 bits per heavy atom. The molecular weight excluding hydrogens is 204 g/mol. The predicted octanol–water partition coefficient (Wildman–Crippen LogP) is 2.33. The van der Waals surface area contributed by atoms with Crippen molar-refractivity contribution in [2.24, 2.45) is 0 Å². The first-order valence-corrected chi connectivity index (χ1v) is 5.95. The average Bonchev–Trinajstić information content (AvgIpc) is 2.34. The maximum absolute atomic E-state index is 5.62. The third kappa shape index (κ3) is 6.77. The molecule has 3 nitrogen and oxygen atoms in total. The van der Waals surface area contributed by atoms with Gasteiger partial charge in [0.2, 0.25) is 0 Å². The predicted molar refractivity (Wildman–Crippen MR) is 64.6 cm³/mol. The lowest BCUT2D eigenvalue weighted by atomic mass is 10.1. The monoisotopic (exact) mass is 226 g/mol. The molecule has 1 atom stereocenters. The van der Waals surface area contributed by atoms with Crippen LogP contribution in [0.3, 0.4) is 0 Å². The van der Waals surface area contributed by atoms with Crippen molar-refractivity contribution in [2.75, 3.05) is 33.5 Å². The van der Waals surface area contributed by atoms with E-state index in [1.165, 1.54) is 0 Å². The Kier molecular flexibility index (Phi) is 8.04. The third-order valence-electron chi connectivity index (χ3n) is 2.39. The standard InChI is InChI=1S/C13H22O3/c1-14-9-5-6-10-15-11-12-16-13-7-3-2-4-8-13/h2-4,7,13H,5-6,8-12H2,1H3. The second-order valence-corrected chi connectivity index (χ2v) is 3.77. The molecule has 0 saturated carbocycles. The molecule has 0 heterocycles. The van der Waals surface area contributed by atoms with Crippen LogP contribution >= 0.6 is 0 Å². The Balaban J connectivity index is 1.81. The Morgan fingerprint density at radius 2 is 1.94 bits per heavy atom. The van der Waals surface area contributed by atoms with Crippen molar-refractivity contribution in [3.63, 3.8) is 0 Å². The van der Waals surface area contributed by atoms with E-state index in [1.54, 1.807) is 7.11 Å². The fourth-order valence-electron chi connectivity index (χ4n) is 1.49. The Hall–Kier alpha value is -0.640. The van der Waals surface area contributed by atoms with Gasteiger partial charge in [-0.05, 0) is 19.3 Å². The number of unbranched alkanes of at least 4 members (excludes halogenated alkanes) is 1. The highest BCUT2D eigenvalue weighted by Gasteiger charge is 2.04. The number of hydrogen-bond donors (Lipinski definition) is 0. The number of rotatable bonds is 9. The normalized spacial score (nSPS) is 19.2. The molecule has 0 amide bonds. The van der Waals surface area contributed by atoms with Gasteiger partial charge in [-0.1, -0.05) is 24.3 Å². The minimum absolute atomic E-state index is 0.238. The van der Waals surface area contributed by atoms with E-state index in [4.69, 9.17) is 14.2 Å². The Bertz CT molecular complexity index is 211. The van der Waals surface area contributed by atoms with E-state index in [0.717, 1.165) is 32.5 Å². The lowest BCUT2D eigenvalue weighted by Crippen LogP contribution is -2.14.